The van der Waals surface area contributed by atoms with Crippen LogP contribution in [0.5, 0.6) is 0 Å². The predicted octanol–water partition coefficient (Wildman–Crippen LogP) is 0.920. The number of carbonyl (C=O) groups excluding carboxylic acids is 1. The first kappa shape index (κ1) is 16.1. The highest BCUT2D eigenvalue weighted by molar-refractivity contribution is 5.76. The zero-order valence-electron chi connectivity index (χ0n) is 12.9. The van der Waals surface area contributed by atoms with Crippen LogP contribution in [0.3, 0.4) is 0 Å². The molecule has 0 unspecified atom stereocenters. The molecule has 2 N–H and O–H groups in total. The maximum Gasteiger partial charge on any atom is 0.222 e. The van der Waals surface area contributed by atoms with E-state index in [4.69, 9.17) is 0 Å². The molecule has 0 bridgehead atoms. The number of tetrazole rings is 1. The van der Waals surface area contributed by atoms with Crippen LogP contribution >= 0.6 is 0 Å². The minimum absolute atomic E-state index is 0.0188. The molecule has 118 valence electrons. The Morgan fingerprint density at radius 2 is 2.05 bits per heavy atom. The maximum absolute atomic E-state index is 12.1. The van der Waals surface area contributed by atoms with Crippen LogP contribution in [-0.2, 0) is 11.3 Å². The molecule has 2 rings (SSSR count). The van der Waals surface area contributed by atoms with Gasteiger partial charge in [0, 0.05) is 13.0 Å². The van der Waals surface area contributed by atoms with E-state index in [9.17, 15) is 9.90 Å². The second kappa shape index (κ2) is 7.65. The number of aliphatic hydroxyl groups is 1. The lowest BCUT2D eigenvalue weighted by molar-refractivity contribution is -0.122. The Hall–Kier alpha value is -2.28. The summed E-state index contributed by atoms with van der Waals surface area (Å²) in [6, 6.07) is 7.75. The quantitative estimate of drug-likeness (QED) is 0.793. The lowest BCUT2D eigenvalue weighted by Crippen LogP contribution is -2.30. The van der Waals surface area contributed by atoms with Crippen molar-refractivity contribution in [3.8, 4) is 0 Å². The third-order valence-electron chi connectivity index (χ3n) is 3.49. The molecule has 0 radical (unpaired) electrons. The molecule has 7 nitrogen and oxygen atoms in total. The van der Waals surface area contributed by atoms with Gasteiger partial charge in [0.2, 0.25) is 5.91 Å². The molecular formula is C15H21N5O2. The first-order valence-corrected chi connectivity index (χ1v) is 7.29. The number of carbonyl (C=O) groups is 1. The zero-order valence-corrected chi connectivity index (χ0v) is 12.9. The molecule has 22 heavy (non-hydrogen) atoms. The summed E-state index contributed by atoms with van der Waals surface area (Å²) in [5.41, 5.74) is 2.15. The normalized spacial score (nSPS) is 12.1. The van der Waals surface area contributed by atoms with E-state index < -0.39 is 0 Å². The molecule has 2 aromatic rings. The summed E-state index contributed by atoms with van der Waals surface area (Å²) in [6.45, 7) is 4.26. The highest BCUT2D eigenvalue weighted by Crippen LogP contribution is 2.17. The van der Waals surface area contributed by atoms with E-state index in [1.807, 2.05) is 31.2 Å². The topological polar surface area (TPSA) is 92.9 Å². The van der Waals surface area contributed by atoms with Crippen molar-refractivity contribution in [2.75, 3.05) is 6.61 Å². The second-order valence-electron chi connectivity index (χ2n) is 5.24. The highest BCUT2D eigenvalue weighted by Gasteiger charge is 2.14. The van der Waals surface area contributed by atoms with Crippen LogP contribution in [0.15, 0.2) is 24.3 Å². The Kier molecular flexibility index (Phi) is 5.60. The number of nitrogens with one attached hydrogen (secondary N) is 1. The van der Waals surface area contributed by atoms with E-state index in [-0.39, 0.29) is 18.6 Å². The van der Waals surface area contributed by atoms with Crippen LogP contribution in [0.1, 0.15) is 35.8 Å². The summed E-state index contributed by atoms with van der Waals surface area (Å²) in [7, 11) is 0. The van der Waals surface area contributed by atoms with Crippen molar-refractivity contribution in [1.29, 1.82) is 0 Å². The Morgan fingerprint density at radius 1 is 1.32 bits per heavy atom. The monoisotopic (exact) mass is 303 g/mol. The molecule has 1 heterocycles. The van der Waals surface area contributed by atoms with Gasteiger partial charge >= 0.3 is 0 Å². The largest absolute Gasteiger partial charge is 0.396 e. The van der Waals surface area contributed by atoms with Gasteiger partial charge in [-0.15, -0.1) is 5.10 Å². The Bertz CT molecular complexity index is 609. The van der Waals surface area contributed by atoms with Crippen molar-refractivity contribution in [2.45, 2.75) is 39.3 Å². The number of hydrogen-bond acceptors (Lipinski definition) is 5. The van der Waals surface area contributed by atoms with Gasteiger partial charge in [0.25, 0.3) is 0 Å². The van der Waals surface area contributed by atoms with E-state index in [0.717, 1.165) is 11.1 Å². The lowest BCUT2D eigenvalue weighted by atomic mass is 10.0. The molecule has 1 aromatic heterocycles. The molecule has 1 atom stereocenters. The van der Waals surface area contributed by atoms with E-state index in [1.165, 1.54) is 0 Å². The van der Waals surface area contributed by atoms with E-state index >= 15 is 0 Å². The number of rotatable bonds is 7. The molecule has 0 fully saturated rings. The minimum Gasteiger partial charge on any atom is -0.396 e. The predicted molar refractivity (Wildman–Crippen MR) is 80.9 cm³/mol. The molecule has 0 aliphatic rings. The summed E-state index contributed by atoms with van der Waals surface area (Å²) in [4.78, 5) is 12.1. The number of hydrogen-bond donors (Lipinski definition) is 2. The molecule has 1 amide bonds. The molecule has 0 saturated carbocycles. The van der Waals surface area contributed by atoms with Gasteiger partial charge in [0.05, 0.1) is 12.6 Å². The molecule has 0 spiro atoms. The summed E-state index contributed by atoms with van der Waals surface area (Å²) >= 11 is 0. The standard InChI is InChI=1S/C15H21N5O2/c1-11-3-5-13(6-4-11)14(8-10-21)16-15(22)7-9-20-12(2)17-18-19-20/h3-6,14,21H,7-10H2,1-2H3,(H,16,22)/t14-/m0/s1. The SMILES string of the molecule is Cc1ccc([C@H](CCO)NC(=O)CCn2nnnc2C)cc1. The van der Waals surface area contributed by atoms with Crippen molar-refractivity contribution < 1.29 is 9.90 Å². The number of aliphatic hydroxyl groups excluding tert-OH is 1. The van der Waals surface area contributed by atoms with Gasteiger partial charge in [-0.1, -0.05) is 29.8 Å². The second-order valence-corrected chi connectivity index (χ2v) is 5.24. The van der Waals surface area contributed by atoms with Crippen molar-refractivity contribution >= 4 is 5.91 Å². The fourth-order valence-electron chi connectivity index (χ4n) is 2.18. The van der Waals surface area contributed by atoms with Gasteiger partial charge < -0.3 is 10.4 Å². The third kappa shape index (κ3) is 4.36. The summed E-state index contributed by atoms with van der Waals surface area (Å²) in [5, 5.41) is 23.3. The minimum atomic E-state index is -0.187. The maximum atomic E-state index is 12.1. The van der Waals surface area contributed by atoms with E-state index in [2.05, 4.69) is 20.8 Å². The first-order chi connectivity index (χ1) is 10.6. The van der Waals surface area contributed by atoms with E-state index in [0.29, 0.717) is 25.2 Å². The molecule has 0 aliphatic heterocycles. The van der Waals surface area contributed by atoms with Gasteiger partial charge in [0.15, 0.2) is 0 Å². The molecular weight excluding hydrogens is 282 g/mol. The Balaban J connectivity index is 1.94. The lowest BCUT2D eigenvalue weighted by Gasteiger charge is -2.18. The average molecular weight is 303 g/mol. The van der Waals surface area contributed by atoms with Crippen molar-refractivity contribution in [3.63, 3.8) is 0 Å². The summed E-state index contributed by atoms with van der Waals surface area (Å²) in [6.07, 6.45) is 0.776. The van der Waals surface area contributed by atoms with Crippen LogP contribution < -0.4 is 5.32 Å². The van der Waals surface area contributed by atoms with Gasteiger partial charge in [-0.2, -0.15) is 0 Å². The van der Waals surface area contributed by atoms with Gasteiger partial charge in [-0.25, -0.2) is 4.68 Å². The van der Waals surface area contributed by atoms with Gasteiger partial charge in [-0.05, 0) is 36.3 Å². The number of amides is 1. The van der Waals surface area contributed by atoms with E-state index in [1.54, 1.807) is 11.6 Å². The van der Waals surface area contributed by atoms with Gasteiger partial charge in [-0.3, -0.25) is 4.79 Å². The van der Waals surface area contributed by atoms with Gasteiger partial charge in [0.1, 0.15) is 5.82 Å². The summed E-state index contributed by atoms with van der Waals surface area (Å²) in [5.74, 6) is 0.590. The fraction of sp³-hybridized carbons (Fsp3) is 0.467. The zero-order chi connectivity index (χ0) is 15.9. The molecule has 7 heteroatoms. The Labute approximate surface area is 129 Å². The number of nitrogens with zero attached hydrogens (tertiary/aromatic N) is 4. The van der Waals surface area contributed by atoms with Crippen molar-refractivity contribution in [2.24, 2.45) is 0 Å². The number of aryl methyl sites for hydroxylation is 3. The number of aromatic nitrogens is 4. The van der Waals surface area contributed by atoms with Crippen molar-refractivity contribution in [3.05, 3.63) is 41.2 Å². The third-order valence-corrected chi connectivity index (χ3v) is 3.49. The van der Waals surface area contributed by atoms with Crippen LogP contribution in [0.25, 0.3) is 0 Å². The highest BCUT2D eigenvalue weighted by atomic mass is 16.3. The van der Waals surface area contributed by atoms with Crippen LogP contribution in [0, 0.1) is 13.8 Å². The summed E-state index contributed by atoms with van der Waals surface area (Å²) < 4.78 is 1.59. The fourth-order valence-corrected chi connectivity index (χ4v) is 2.18. The molecule has 1 aromatic carbocycles. The van der Waals surface area contributed by atoms with Crippen LogP contribution in [0.4, 0.5) is 0 Å². The van der Waals surface area contributed by atoms with Crippen LogP contribution in [-0.4, -0.2) is 37.8 Å². The molecule has 0 aliphatic carbocycles. The number of benzene rings is 1. The van der Waals surface area contributed by atoms with Crippen LogP contribution in [0.2, 0.25) is 0 Å². The molecule has 0 saturated heterocycles. The smallest absolute Gasteiger partial charge is 0.222 e. The Morgan fingerprint density at radius 3 is 2.64 bits per heavy atom. The first-order valence-electron chi connectivity index (χ1n) is 7.29. The average Bonchev–Trinajstić information content (AvgIpc) is 2.91. The van der Waals surface area contributed by atoms with Crippen molar-refractivity contribution in [1.82, 2.24) is 25.5 Å².